The van der Waals surface area contributed by atoms with Gasteiger partial charge in [-0.3, -0.25) is 24.7 Å². The maximum atomic E-state index is 12.8. The highest BCUT2D eigenvalue weighted by Crippen LogP contribution is 2.32. The van der Waals surface area contributed by atoms with Crippen LogP contribution in [0.25, 0.3) is 0 Å². The van der Waals surface area contributed by atoms with Crippen LogP contribution in [0.5, 0.6) is 0 Å². The van der Waals surface area contributed by atoms with E-state index in [9.17, 15) is 19.7 Å². The molecule has 0 bridgehead atoms. The van der Waals surface area contributed by atoms with Crippen molar-refractivity contribution in [1.29, 1.82) is 0 Å². The second kappa shape index (κ2) is 7.51. The number of nitro benzene ring substituents is 1. The normalized spacial score (nSPS) is 12.3. The molecule has 1 aliphatic heterocycles. The molecule has 0 saturated carbocycles. The molecule has 29 heavy (non-hydrogen) atoms. The minimum Gasteiger partial charge on any atom is -0.322 e. The fourth-order valence-corrected chi connectivity index (χ4v) is 3.28. The molecular weight excluding hydrogens is 372 g/mol. The molecule has 0 radical (unpaired) electrons. The number of benzene rings is 2. The number of hydrogen-bond donors (Lipinski definition) is 1. The van der Waals surface area contributed by atoms with Crippen LogP contribution in [-0.2, 0) is 6.42 Å². The topological polar surface area (TPSA) is 105 Å². The molecule has 4 rings (SSSR count). The molecule has 0 atom stereocenters. The summed E-state index contributed by atoms with van der Waals surface area (Å²) in [6.07, 6.45) is 3.87. The summed E-state index contributed by atoms with van der Waals surface area (Å²) in [6, 6.07) is 14.2. The molecule has 0 spiro atoms. The maximum Gasteiger partial charge on any atom is 0.270 e. The number of rotatable bonds is 4. The van der Waals surface area contributed by atoms with E-state index >= 15 is 0 Å². The Morgan fingerprint density at radius 1 is 1.03 bits per heavy atom. The number of carbonyl (C=O) groups excluding carboxylic acids is 2. The number of carbonyl (C=O) groups is 2. The van der Waals surface area contributed by atoms with E-state index in [0.29, 0.717) is 17.8 Å². The van der Waals surface area contributed by atoms with E-state index in [-0.39, 0.29) is 17.2 Å². The summed E-state index contributed by atoms with van der Waals surface area (Å²) in [5.41, 5.74) is 2.84. The van der Waals surface area contributed by atoms with Crippen molar-refractivity contribution in [2.45, 2.75) is 6.42 Å². The third-order valence-electron chi connectivity index (χ3n) is 4.73. The molecule has 144 valence electrons. The SMILES string of the molecule is O=C(Nc1ccc2c(c1)N(C(=O)c1ccncc1)CC2)c1cccc([N+](=O)[O-])c1. The lowest BCUT2D eigenvalue weighted by Crippen LogP contribution is -2.28. The number of aromatic nitrogens is 1. The first kappa shape index (κ1) is 18.3. The summed E-state index contributed by atoms with van der Waals surface area (Å²) in [6.45, 7) is 0.554. The van der Waals surface area contributed by atoms with Gasteiger partial charge in [-0.25, -0.2) is 0 Å². The Morgan fingerprint density at radius 3 is 2.59 bits per heavy atom. The highest BCUT2D eigenvalue weighted by Gasteiger charge is 2.26. The molecule has 0 fully saturated rings. The number of pyridine rings is 1. The molecule has 0 saturated heterocycles. The van der Waals surface area contributed by atoms with Crippen LogP contribution in [0.3, 0.4) is 0 Å². The first-order valence-electron chi connectivity index (χ1n) is 8.93. The first-order chi connectivity index (χ1) is 14.0. The molecule has 1 aliphatic rings. The van der Waals surface area contributed by atoms with Gasteiger partial charge in [0, 0.05) is 53.6 Å². The van der Waals surface area contributed by atoms with Gasteiger partial charge < -0.3 is 10.2 Å². The first-order valence-corrected chi connectivity index (χ1v) is 8.93. The average Bonchev–Trinajstić information content (AvgIpc) is 3.17. The summed E-state index contributed by atoms with van der Waals surface area (Å²) >= 11 is 0. The Morgan fingerprint density at radius 2 is 1.83 bits per heavy atom. The van der Waals surface area contributed by atoms with E-state index in [0.717, 1.165) is 17.7 Å². The van der Waals surface area contributed by atoms with Crippen LogP contribution < -0.4 is 10.2 Å². The minimum absolute atomic E-state index is 0.131. The van der Waals surface area contributed by atoms with Gasteiger partial charge in [-0.1, -0.05) is 12.1 Å². The summed E-state index contributed by atoms with van der Waals surface area (Å²) < 4.78 is 0. The van der Waals surface area contributed by atoms with E-state index < -0.39 is 10.8 Å². The Balaban J connectivity index is 1.57. The molecule has 8 nitrogen and oxygen atoms in total. The number of anilines is 2. The van der Waals surface area contributed by atoms with E-state index in [1.54, 1.807) is 41.6 Å². The molecular formula is C21H16N4O4. The highest BCUT2D eigenvalue weighted by atomic mass is 16.6. The van der Waals surface area contributed by atoms with Crippen molar-refractivity contribution in [2.75, 3.05) is 16.8 Å². The van der Waals surface area contributed by atoms with Crippen molar-refractivity contribution in [3.63, 3.8) is 0 Å². The third kappa shape index (κ3) is 3.68. The van der Waals surface area contributed by atoms with Gasteiger partial charge in [-0.15, -0.1) is 0 Å². The van der Waals surface area contributed by atoms with Crippen molar-refractivity contribution in [2.24, 2.45) is 0 Å². The van der Waals surface area contributed by atoms with Gasteiger partial charge in [0.05, 0.1) is 4.92 Å². The van der Waals surface area contributed by atoms with Gasteiger partial charge in [0.1, 0.15) is 0 Å². The monoisotopic (exact) mass is 388 g/mol. The van der Waals surface area contributed by atoms with Crippen molar-refractivity contribution < 1.29 is 14.5 Å². The number of nitrogens with one attached hydrogen (secondary N) is 1. The summed E-state index contributed by atoms with van der Waals surface area (Å²) in [5.74, 6) is -0.591. The quantitative estimate of drug-likeness (QED) is 0.544. The Labute approximate surface area is 166 Å². The molecule has 1 N–H and O–H groups in total. The molecule has 0 unspecified atom stereocenters. The number of hydrogen-bond acceptors (Lipinski definition) is 5. The third-order valence-corrected chi connectivity index (χ3v) is 4.73. The van der Waals surface area contributed by atoms with Gasteiger partial charge in [0.25, 0.3) is 17.5 Å². The van der Waals surface area contributed by atoms with Crippen molar-refractivity contribution in [1.82, 2.24) is 4.98 Å². The van der Waals surface area contributed by atoms with Crippen LogP contribution in [0.15, 0.2) is 67.0 Å². The van der Waals surface area contributed by atoms with Gasteiger partial charge in [0.2, 0.25) is 0 Å². The lowest BCUT2D eigenvalue weighted by atomic mass is 10.1. The molecule has 2 amide bonds. The predicted octanol–water partition coefficient (Wildman–Crippen LogP) is 3.45. The number of fused-ring (bicyclic) bond motifs is 1. The Hall–Kier alpha value is -4.07. The van der Waals surface area contributed by atoms with Gasteiger partial charge in [-0.2, -0.15) is 0 Å². The van der Waals surface area contributed by atoms with E-state index in [4.69, 9.17) is 0 Å². The Bertz CT molecular complexity index is 1110. The second-order valence-corrected chi connectivity index (χ2v) is 6.55. The van der Waals surface area contributed by atoms with E-state index in [1.165, 1.54) is 24.3 Å². The average molecular weight is 388 g/mol. The molecule has 0 aliphatic carbocycles. The summed E-state index contributed by atoms with van der Waals surface area (Å²) in [5, 5.41) is 13.7. The zero-order valence-corrected chi connectivity index (χ0v) is 15.2. The van der Waals surface area contributed by atoms with Crippen molar-refractivity contribution in [3.8, 4) is 0 Å². The van der Waals surface area contributed by atoms with Gasteiger partial charge in [0.15, 0.2) is 0 Å². The van der Waals surface area contributed by atoms with Crippen LogP contribution in [-0.4, -0.2) is 28.3 Å². The number of non-ortho nitro benzene ring substituents is 1. The molecule has 3 aromatic rings. The second-order valence-electron chi connectivity index (χ2n) is 6.55. The molecule has 2 heterocycles. The zero-order valence-electron chi connectivity index (χ0n) is 15.2. The number of nitro groups is 1. The van der Waals surface area contributed by atoms with Crippen molar-refractivity contribution in [3.05, 3.63) is 93.8 Å². The van der Waals surface area contributed by atoms with Crippen LogP contribution >= 0.6 is 0 Å². The van der Waals surface area contributed by atoms with Crippen LogP contribution in [0, 0.1) is 10.1 Å². The maximum absolute atomic E-state index is 12.8. The molecule has 8 heteroatoms. The summed E-state index contributed by atoms with van der Waals surface area (Å²) in [4.78, 5) is 41.3. The lowest BCUT2D eigenvalue weighted by molar-refractivity contribution is -0.384. The fourth-order valence-electron chi connectivity index (χ4n) is 3.28. The van der Waals surface area contributed by atoms with Gasteiger partial charge >= 0.3 is 0 Å². The number of amides is 2. The van der Waals surface area contributed by atoms with Crippen LogP contribution in [0.1, 0.15) is 26.3 Å². The predicted molar refractivity (Wildman–Crippen MR) is 107 cm³/mol. The highest BCUT2D eigenvalue weighted by molar-refractivity contribution is 6.08. The zero-order chi connectivity index (χ0) is 20.4. The standard InChI is InChI=1S/C21H16N4O4/c26-20(16-2-1-3-18(12-16)25(28)29)23-17-5-4-14-8-11-24(19(14)13-17)21(27)15-6-9-22-10-7-15/h1-7,9-10,12-13H,8,11H2,(H,23,26). The lowest BCUT2D eigenvalue weighted by Gasteiger charge is -2.18. The largest absolute Gasteiger partial charge is 0.322 e. The number of nitrogens with zero attached hydrogens (tertiary/aromatic N) is 3. The van der Waals surface area contributed by atoms with Gasteiger partial charge in [-0.05, 0) is 42.3 Å². The van der Waals surface area contributed by atoms with E-state index in [2.05, 4.69) is 10.3 Å². The van der Waals surface area contributed by atoms with Crippen LogP contribution in [0.2, 0.25) is 0 Å². The van der Waals surface area contributed by atoms with Crippen molar-refractivity contribution >= 4 is 28.9 Å². The minimum atomic E-state index is -0.547. The summed E-state index contributed by atoms with van der Waals surface area (Å²) in [7, 11) is 0. The smallest absolute Gasteiger partial charge is 0.270 e. The molecule has 1 aromatic heterocycles. The fraction of sp³-hybridized carbons (Fsp3) is 0.0952. The molecule has 2 aromatic carbocycles. The van der Waals surface area contributed by atoms with E-state index in [1.807, 2.05) is 6.07 Å². The Kier molecular flexibility index (Phi) is 4.74. The van der Waals surface area contributed by atoms with Crippen LogP contribution in [0.4, 0.5) is 17.1 Å².